The van der Waals surface area contributed by atoms with Crippen molar-refractivity contribution in [3.8, 4) is 5.75 Å². The molecular formula is C20H18N2O. The molecule has 0 spiro atoms. The first-order valence-corrected chi connectivity index (χ1v) is 7.51. The maximum atomic E-state index is 9.98. The summed E-state index contributed by atoms with van der Waals surface area (Å²) in [6.45, 7) is 0. The average molecular weight is 302 g/mol. The third kappa shape index (κ3) is 4.20. The van der Waals surface area contributed by atoms with Crippen LogP contribution in [-0.2, 0) is 6.42 Å². The minimum atomic E-state index is 0.223. The lowest BCUT2D eigenvalue weighted by Crippen LogP contribution is -1.93. The van der Waals surface area contributed by atoms with Crippen LogP contribution in [0.2, 0.25) is 0 Å². The molecule has 0 atom stereocenters. The number of nitrogens with zero attached hydrogens (tertiary/aromatic N) is 1. The van der Waals surface area contributed by atoms with Gasteiger partial charge in [-0.1, -0.05) is 54.6 Å². The number of benzene rings is 3. The molecular weight excluding hydrogens is 284 g/mol. The first kappa shape index (κ1) is 14.9. The van der Waals surface area contributed by atoms with E-state index in [-0.39, 0.29) is 5.75 Å². The standard InChI is InChI=1S/C20H18N2O/c23-20-12-11-17(13-16-7-3-1-4-8-16)14-18(20)15-21-22-19-9-5-2-6-10-19/h1-12,14-15,22-23H,13H2. The number of para-hydroxylation sites is 1. The molecule has 3 aromatic carbocycles. The normalized spacial score (nSPS) is 10.8. The topological polar surface area (TPSA) is 44.6 Å². The minimum Gasteiger partial charge on any atom is -0.507 e. The predicted octanol–water partition coefficient (Wildman–Crippen LogP) is 4.43. The summed E-state index contributed by atoms with van der Waals surface area (Å²) in [5.41, 5.74) is 6.92. The molecule has 0 fully saturated rings. The molecule has 0 radical (unpaired) electrons. The second kappa shape index (κ2) is 7.27. The monoisotopic (exact) mass is 302 g/mol. The van der Waals surface area contributed by atoms with Gasteiger partial charge in [0.1, 0.15) is 5.75 Å². The summed E-state index contributed by atoms with van der Waals surface area (Å²) in [6, 6.07) is 25.6. The molecule has 23 heavy (non-hydrogen) atoms. The number of phenols is 1. The van der Waals surface area contributed by atoms with E-state index in [2.05, 4.69) is 22.7 Å². The zero-order valence-corrected chi connectivity index (χ0v) is 12.7. The van der Waals surface area contributed by atoms with Gasteiger partial charge in [0.25, 0.3) is 0 Å². The van der Waals surface area contributed by atoms with Crippen LogP contribution in [0.3, 0.4) is 0 Å². The highest BCUT2D eigenvalue weighted by Gasteiger charge is 2.02. The molecule has 3 rings (SSSR count). The lowest BCUT2D eigenvalue weighted by Gasteiger charge is -2.05. The van der Waals surface area contributed by atoms with Gasteiger partial charge in [0, 0.05) is 5.56 Å². The Balaban J connectivity index is 1.73. The molecule has 3 heteroatoms. The predicted molar refractivity (Wildman–Crippen MR) is 95.0 cm³/mol. The number of hydrazone groups is 1. The molecule has 114 valence electrons. The van der Waals surface area contributed by atoms with Crippen LogP contribution >= 0.6 is 0 Å². The van der Waals surface area contributed by atoms with E-state index >= 15 is 0 Å². The Morgan fingerprint density at radius 1 is 0.826 bits per heavy atom. The fourth-order valence-electron chi connectivity index (χ4n) is 2.34. The summed E-state index contributed by atoms with van der Waals surface area (Å²) in [5.74, 6) is 0.223. The van der Waals surface area contributed by atoms with Gasteiger partial charge < -0.3 is 5.11 Å². The van der Waals surface area contributed by atoms with Crippen molar-refractivity contribution in [1.29, 1.82) is 0 Å². The van der Waals surface area contributed by atoms with Crippen LogP contribution in [0.15, 0.2) is 84.0 Å². The van der Waals surface area contributed by atoms with Gasteiger partial charge in [-0.15, -0.1) is 0 Å². The highest BCUT2D eigenvalue weighted by molar-refractivity contribution is 5.84. The van der Waals surface area contributed by atoms with Crippen molar-refractivity contribution in [2.24, 2.45) is 5.10 Å². The van der Waals surface area contributed by atoms with E-state index in [4.69, 9.17) is 0 Å². The highest BCUT2D eigenvalue weighted by atomic mass is 16.3. The highest BCUT2D eigenvalue weighted by Crippen LogP contribution is 2.19. The summed E-state index contributed by atoms with van der Waals surface area (Å²) in [7, 11) is 0. The Labute approximate surface area is 135 Å². The Bertz CT molecular complexity index is 783. The zero-order chi connectivity index (χ0) is 15.9. The number of hydrogen-bond donors (Lipinski definition) is 2. The van der Waals surface area contributed by atoms with Gasteiger partial charge in [0.2, 0.25) is 0 Å². The lowest BCUT2D eigenvalue weighted by molar-refractivity contribution is 0.474. The quantitative estimate of drug-likeness (QED) is 0.541. The van der Waals surface area contributed by atoms with Crippen molar-refractivity contribution >= 4 is 11.9 Å². The molecule has 0 aliphatic heterocycles. The number of anilines is 1. The van der Waals surface area contributed by atoms with E-state index in [0.29, 0.717) is 5.56 Å². The number of nitrogens with one attached hydrogen (secondary N) is 1. The Morgan fingerprint density at radius 2 is 1.52 bits per heavy atom. The second-order valence-electron chi connectivity index (χ2n) is 5.29. The fraction of sp³-hybridized carbons (Fsp3) is 0.0500. The van der Waals surface area contributed by atoms with E-state index in [1.807, 2.05) is 60.7 Å². The summed E-state index contributed by atoms with van der Waals surface area (Å²) >= 11 is 0. The molecule has 0 bridgehead atoms. The van der Waals surface area contributed by atoms with Gasteiger partial charge in [-0.25, -0.2) is 0 Å². The van der Waals surface area contributed by atoms with E-state index in [1.54, 1.807) is 12.3 Å². The first-order valence-electron chi connectivity index (χ1n) is 7.51. The van der Waals surface area contributed by atoms with E-state index < -0.39 is 0 Å². The Morgan fingerprint density at radius 3 is 2.26 bits per heavy atom. The summed E-state index contributed by atoms with van der Waals surface area (Å²) < 4.78 is 0. The molecule has 0 aliphatic carbocycles. The van der Waals surface area contributed by atoms with Gasteiger partial charge >= 0.3 is 0 Å². The van der Waals surface area contributed by atoms with Crippen molar-refractivity contribution < 1.29 is 5.11 Å². The molecule has 0 amide bonds. The maximum Gasteiger partial charge on any atom is 0.124 e. The third-order valence-corrected chi connectivity index (χ3v) is 3.51. The molecule has 3 nitrogen and oxygen atoms in total. The van der Waals surface area contributed by atoms with Crippen LogP contribution in [0.25, 0.3) is 0 Å². The van der Waals surface area contributed by atoms with Crippen molar-refractivity contribution in [1.82, 2.24) is 0 Å². The van der Waals surface area contributed by atoms with E-state index in [1.165, 1.54) is 5.56 Å². The van der Waals surface area contributed by atoms with Gasteiger partial charge in [-0.05, 0) is 41.8 Å². The Hall–Kier alpha value is -3.07. The van der Waals surface area contributed by atoms with Crippen molar-refractivity contribution in [2.45, 2.75) is 6.42 Å². The molecule has 0 unspecified atom stereocenters. The van der Waals surface area contributed by atoms with Crippen LogP contribution in [-0.4, -0.2) is 11.3 Å². The smallest absolute Gasteiger partial charge is 0.124 e. The Kier molecular flexibility index (Phi) is 4.69. The van der Waals surface area contributed by atoms with E-state index in [9.17, 15) is 5.11 Å². The van der Waals surface area contributed by atoms with E-state index in [0.717, 1.165) is 17.7 Å². The van der Waals surface area contributed by atoms with Gasteiger partial charge in [-0.3, -0.25) is 5.43 Å². The molecule has 0 saturated heterocycles. The van der Waals surface area contributed by atoms with Crippen LogP contribution in [0.1, 0.15) is 16.7 Å². The van der Waals surface area contributed by atoms with Crippen LogP contribution in [0, 0.1) is 0 Å². The minimum absolute atomic E-state index is 0.223. The third-order valence-electron chi connectivity index (χ3n) is 3.51. The largest absolute Gasteiger partial charge is 0.507 e. The van der Waals surface area contributed by atoms with Gasteiger partial charge in [-0.2, -0.15) is 5.10 Å². The number of phenolic OH excluding ortho intramolecular Hbond substituents is 1. The van der Waals surface area contributed by atoms with Crippen LogP contribution < -0.4 is 5.43 Å². The van der Waals surface area contributed by atoms with Crippen LogP contribution in [0.5, 0.6) is 5.75 Å². The first-order chi connectivity index (χ1) is 11.3. The maximum absolute atomic E-state index is 9.98. The van der Waals surface area contributed by atoms with Crippen molar-refractivity contribution in [2.75, 3.05) is 5.43 Å². The number of aromatic hydroxyl groups is 1. The lowest BCUT2D eigenvalue weighted by atomic mass is 10.0. The SMILES string of the molecule is Oc1ccc(Cc2ccccc2)cc1C=NNc1ccccc1. The molecule has 2 N–H and O–H groups in total. The molecule has 0 aromatic heterocycles. The van der Waals surface area contributed by atoms with Crippen LogP contribution in [0.4, 0.5) is 5.69 Å². The molecule has 0 heterocycles. The molecule has 0 aliphatic rings. The van der Waals surface area contributed by atoms with Crippen molar-refractivity contribution in [3.63, 3.8) is 0 Å². The average Bonchev–Trinajstić information content (AvgIpc) is 2.59. The fourth-order valence-corrected chi connectivity index (χ4v) is 2.34. The summed E-state index contributed by atoms with van der Waals surface area (Å²) in [4.78, 5) is 0. The summed E-state index contributed by atoms with van der Waals surface area (Å²) in [6.07, 6.45) is 2.46. The molecule has 3 aromatic rings. The zero-order valence-electron chi connectivity index (χ0n) is 12.7. The van der Waals surface area contributed by atoms with Gasteiger partial charge in [0.05, 0.1) is 11.9 Å². The molecule has 0 saturated carbocycles. The number of hydrogen-bond acceptors (Lipinski definition) is 3. The summed E-state index contributed by atoms with van der Waals surface area (Å²) in [5, 5.41) is 14.2. The van der Waals surface area contributed by atoms with Crippen molar-refractivity contribution in [3.05, 3.63) is 95.6 Å². The number of rotatable bonds is 5. The van der Waals surface area contributed by atoms with Gasteiger partial charge in [0.15, 0.2) is 0 Å². The second-order valence-corrected chi connectivity index (χ2v) is 5.29.